The van der Waals surface area contributed by atoms with Crippen LogP contribution >= 0.6 is 0 Å². The summed E-state index contributed by atoms with van der Waals surface area (Å²) in [4.78, 5) is 29.8. The largest absolute Gasteiger partial charge is 0.497 e. The van der Waals surface area contributed by atoms with Gasteiger partial charge in [-0.2, -0.15) is 0 Å². The average Bonchev–Trinajstić information content (AvgIpc) is 3.11. The van der Waals surface area contributed by atoms with Gasteiger partial charge in [-0.25, -0.2) is 4.79 Å². The van der Waals surface area contributed by atoms with Crippen LogP contribution in [0.15, 0.2) is 72.5 Å². The summed E-state index contributed by atoms with van der Waals surface area (Å²) in [6, 6.07) is 14.2. The van der Waals surface area contributed by atoms with Gasteiger partial charge in [-0.15, -0.1) is 6.58 Å². The number of nitrogens with one attached hydrogen (secondary N) is 1. The molecule has 3 amide bonds. The molecule has 1 atom stereocenters. The molecule has 4 rings (SSSR count). The Bertz CT molecular complexity index is 1050. The number of amides is 3. The van der Waals surface area contributed by atoms with E-state index in [-0.39, 0.29) is 11.9 Å². The van der Waals surface area contributed by atoms with E-state index in [1.807, 2.05) is 30.3 Å². The lowest BCUT2D eigenvalue weighted by atomic mass is 9.94. The van der Waals surface area contributed by atoms with Crippen molar-refractivity contribution in [3.8, 4) is 11.5 Å². The zero-order valence-electron chi connectivity index (χ0n) is 17.6. The van der Waals surface area contributed by atoms with Gasteiger partial charge in [0.2, 0.25) is 0 Å². The predicted octanol–water partition coefficient (Wildman–Crippen LogP) is 3.25. The lowest BCUT2D eigenvalue weighted by Crippen LogP contribution is -2.47. The first kappa shape index (κ1) is 20.5. The molecular formula is C24H25N3O4. The van der Waals surface area contributed by atoms with Crippen LogP contribution < -0.4 is 14.8 Å². The van der Waals surface area contributed by atoms with Gasteiger partial charge < -0.3 is 19.7 Å². The standard InChI is InChI=1S/C24H25N3O4/c1-4-12-27-19-15-26(14-16-8-6-5-7-9-16)23(28)21(19)22(25-24(27)29)18-13-17(30-2)10-11-20(18)31-3/h4-11,13,22H,1,12,14-15H2,2-3H3,(H,25,29). The fourth-order valence-corrected chi connectivity index (χ4v) is 4.10. The summed E-state index contributed by atoms with van der Waals surface area (Å²) in [7, 11) is 3.14. The molecule has 2 aliphatic rings. The number of rotatable bonds is 7. The van der Waals surface area contributed by atoms with Gasteiger partial charge in [-0.3, -0.25) is 9.69 Å². The summed E-state index contributed by atoms with van der Waals surface area (Å²) in [6.45, 7) is 4.89. The Morgan fingerprint density at radius 2 is 1.90 bits per heavy atom. The number of carbonyl (C=O) groups excluding carboxylic acids is 2. The van der Waals surface area contributed by atoms with E-state index >= 15 is 0 Å². The minimum Gasteiger partial charge on any atom is -0.497 e. The Balaban J connectivity index is 1.77. The van der Waals surface area contributed by atoms with Gasteiger partial charge in [0.15, 0.2) is 0 Å². The Hall–Kier alpha value is -3.74. The predicted molar refractivity (Wildman–Crippen MR) is 117 cm³/mol. The van der Waals surface area contributed by atoms with Crippen molar-refractivity contribution in [2.75, 3.05) is 27.3 Å². The maximum absolute atomic E-state index is 13.5. The SMILES string of the molecule is C=CCN1C(=O)NC(c2cc(OC)ccc2OC)C2=C1CN(Cc1ccccc1)C2=O. The molecule has 0 spiro atoms. The van der Waals surface area contributed by atoms with Crippen LogP contribution in [0.2, 0.25) is 0 Å². The van der Waals surface area contributed by atoms with Gasteiger partial charge >= 0.3 is 6.03 Å². The van der Waals surface area contributed by atoms with Crippen LogP contribution in [0.25, 0.3) is 0 Å². The Kier molecular flexibility index (Phi) is 5.66. The van der Waals surface area contributed by atoms with Gasteiger partial charge in [0.25, 0.3) is 5.91 Å². The second-order valence-corrected chi connectivity index (χ2v) is 7.40. The van der Waals surface area contributed by atoms with E-state index < -0.39 is 6.04 Å². The van der Waals surface area contributed by atoms with E-state index in [4.69, 9.17) is 9.47 Å². The maximum atomic E-state index is 13.5. The number of methoxy groups -OCH3 is 2. The number of benzene rings is 2. The molecular weight excluding hydrogens is 394 g/mol. The average molecular weight is 419 g/mol. The van der Waals surface area contributed by atoms with Crippen molar-refractivity contribution < 1.29 is 19.1 Å². The summed E-state index contributed by atoms with van der Waals surface area (Å²) in [5, 5.41) is 2.98. The fraction of sp³-hybridized carbons (Fsp3) is 0.250. The van der Waals surface area contributed by atoms with Crippen LogP contribution in [0.5, 0.6) is 11.5 Å². The van der Waals surface area contributed by atoms with Crippen molar-refractivity contribution in [3.63, 3.8) is 0 Å². The van der Waals surface area contributed by atoms with Crippen molar-refractivity contribution in [2.45, 2.75) is 12.6 Å². The summed E-state index contributed by atoms with van der Waals surface area (Å²) in [5.74, 6) is 1.08. The zero-order chi connectivity index (χ0) is 22.0. The Morgan fingerprint density at radius 1 is 1.13 bits per heavy atom. The van der Waals surface area contributed by atoms with Crippen LogP contribution in [-0.4, -0.2) is 49.0 Å². The van der Waals surface area contributed by atoms with Crippen molar-refractivity contribution in [3.05, 3.63) is 83.6 Å². The highest BCUT2D eigenvalue weighted by Gasteiger charge is 2.44. The molecule has 0 saturated carbocycles. The topological polar surface area (TPSA) is 71.1 Å². The third kappa shape index (κ3) is 3.74. The molecule has 2 aliphatic heterocycles. The Labute approximate surface area is 181 Å². The molecule has 0 bridgehead atoms. The second kappa shape index (κ2) is 8.55. The monoisotopic (exact) mass is 419 g/mol. The lowest BCUT2D eigenvalue weighted by Gasteiger charge is -2.33. The minimum absolute atomic E-state index is 0.109. The quantitative estimate of drug-likeness (QED) is 0.700. The number of carbonyl (C=O) groups is 2. The first-order valence-electron chi connectivity index (χ1n) is 10.0. The number of hydrogen-bond acceptors (Lipinski definition) is 4. The molecule has 160 valence electrons. The Morgan fingerprint density at radius 3 is 2.58 bits per heavy atom. The molecule has 0 fully saturated rings. The third-order valence-corrected chi connectivity index (χ3v) is 5.57. The highest BCUT2D eigenvalue weighted by atomic mass is 16.5. The number of hydrogen-bond donors (Lipinski definition) is 1. The molecule has 0 aliphatic carbocycles. The van der Waals surface area contributed by atoms with Crippen LogP contribution in [0.4, 0.5) is 4.79 Å². The molecule has 1 unspecified atom stereocenters. The molecule has 31 heavy (non-hydrogen) atoms. The van der Waals surface area contributed by atoms with E-state index in [9.17, 15) is 9.59 Å². The molecule has 0 aromatic heterocycles. The molecule has 7 nitrogen and oxygen atoms in total. The fourth-order valence-electron chi connectivity index (χ4n) is 4.10. The van der Waals surface area contributed by atoms with E-state index in [2.05, 4.69) is 11.9 Å². The minimum atomic E-state index is -0.637. The molecule has 7 heteroatoms. The van der Waals surface area contributed by atoms with Crippen molar-refractivity contribution in [1.82, 2.24) is 15.1 Å². The van der Waals surface area contributed by atoms with E-state index in [1.54, 1.807) is 48.3 Å². The highest BCUT2D eigenvalue weighted by molar-refractivity contribution is 6.01. The van der Waals surface area contributed by atoms with Crippen LogP contribution in [0.3, 0.4) is 0 Å². The molecule has 0 saturated heterocycles. The van der Waals surface area contributed by atoms with E-state index in [0.29, 0.717) is 48.0 Å². The molecule has 2 heterocycles. The molecule has 2 aromatic carbocycles. The van der Waals surface area contributed by atoms with Crippen LogP contribution in [0.1, 0.15) is 17.2 Å². The summed E-state index contributed by atoms with van der Waals surface area (Å²) in [5.41, 5.74) is 2.94. The number of nitrogens with zero attached hydrogens (tertiary/aromatic N) is 2. The first-order valence-corrected chi connectivity index (χ1v) is 10.0. The van der Waals surface area contributed by atoms with E-state index in [1.165, 1.54) is 0 Å². The van der Waals surface area contributed by atoms with Gasteiger partial charge in [0.1, 0.15) is 11.5 Å². The van der Waals surface area contributed by atoms with Crippen molar-refractivity contribution in [1.29, 1.82) is 0 Å². The molecule has 1 N–H and O–H groups in total. The zero-order valence-corrected chi connectivity index (χ0v) is 17.6. The van der Waals surface area contributed by atoms with E-state index in [0.717, 1.165) is 5.56 Å². The van der Waals surface area contributed by atoms with Crippen molar-refractivity contribution >= 4 is 11.9 Å². The molecule has 2 aromatic rings. The van der Waals surface area contributed by atoms with Crippen LogP contribution in [0, 0.1) is 0 Å². The van der Waals surface area contributed by atoms with Gasteiger partial charge in [0, 0.05) is 18.7 Å². The second-order valence-electron chi connectivity index (χ2n) is 7.40. The smallest absolute Gasteiger partial charge is 0.322 e. The van der Waals surface area contributed by atoms with Gasteiger partial charge in [-0.05, 0) is 23.8 Å². The number of urea groups is 1. The maximum Gasteiger partial charge on any atom is 0.322 e. The van der Waals surface area contributed by atoms with Crippen molar-refractivity contribution in [2.24, 2.45) is 0 Å². The highest BCUT2D eigenvalue weighted by Crippen LogP contribution is 2.40. The number of ether oxygens (including phenoxy) is 2. The third-order valence-electron chi connectivity index (χ3n) is 5.57. The van der Waals surface area contributed by atoms with Crippen LogP contribution in [-0.2, 0) is 11.3 Å². The summed E-state index contributed by atoms with van der Waals surface area (Å²) >= 11 is 0. The van der Waals surface area contributed by atoms with Gasteiger partial charge in [0.05, 0.1) is 38.1 Å². The lowest BCUT2D eigenvalue weighted by molar-refractivity contribution is -0.126. The normalized spacial score (nSPS) is 18.1. The summed E-state index contributed by atoms with van der Waals surface area (Å²) < 4.78 is 10.9. The first-order chi connectivity index (χ1) is 15.1. The molecule has 0 radical (unpaired) electrons. The summed E-state index contributed by atoms with van der Waals surface area (Å²) in [6.07, 6.45) is 1.65. The van der Waals surface area contributed by atoms with Gasteiger partial charge in [-0.1, -0.05) is 36.4 Å².